The second kappa shape index (κ2) is 9.05. The summed E-state index contributed by atoms with van der Waals surface area (Å²) in [6.45, 7) is 9.56. The lowest BCUT2D eigenvalue weighted by Gasteiger charge is -2.31. The van der Waals surface area contributed by atoms with Crippen LogP contribution in [0.4, 0.5) is 0 Å². The van der Waals surface area contributed by atoms with Crippen molar-refractivity contribution < 1.29 is 9.53 Å². The van der Waals surface area contributed by atoms with Gasteiger partial charge >= 0.3 is 0 Å². The van der Waals surface area contributed by atoms with Crippen molar-refractivity contribution in [2.24, 2.45) is 5.92 Å². The number of hydrogen-bond donors (Lipinski definition) is 0. The molecule has 2 aromatic heterocycles. The quantitative estimate of drug-likeness (QED) is 0.745. The minimum absolute atomic E-state index is 0.105. The van der Waals surface area contributed by atoms with E-state index in [-0.39, 0.29) is 11.9 Å². The molecule has 2 fully saturated rings. The summed E-state index contributed by atoms with van der Waals surface area (Å²) < 4.78 is 7.98. The molecule has 2 saturated heterocycles. The maximum absolute atomic E-state index is 13.1. The highest BCUT2D eigenvalue weighted by Gasteiger charge is 2.35. The van der Waals surface area contributed by atoms with Gasteiger partial charge in [-0.3, -0.25) is 14.7 Å². The fourth-order valence-corrected chi connectivity index (χ4v) is 4.41. The van der Waals surface area contributed by atoms with Crippen LogP contribution in [0.15, 0.2) is 30.7 Å². The lowest BCUT2D eigenvalue weighted by molar-refractivity contribution is -0.134. The van der Waals surface area contributed by atoms with Gasteiger partial charge in [-0.25, -0.2) is 4.98 Å². The molecule has 1 amide bonds. The lowest BCUT2D eigenvalue weighted by atomic mass is 10.1. The van der Waals surface area contributed by atoms with Crippen LogP contribution in [-0.2, 0) is 29.0 Å². The molecule has 4 rings (SSSR count). The molecule has 0 saturated carbocycles. The van der Waals surface area contributed by atoms with E-state index in [1.165, 1.54) is 5.56 Å². The highest BCUT2D eigenvalue weighted by Crippen LogP contribution is 2.22. The number of fused-ring (bicyclic) bond motifs is 3. The number of aryl methyl sites for hydroxylation is 3. The third-order valence-electron chi connectivity index (χ3n) is 5.91. The summed E-state index contributed by atoms with van der Waals surface area (Å²) in [6.07, 6.45) is 7.09. The average molecular weight is 398 g/mol. The number of pyridine rings is 1. The van der Waals surface area contributed by atoms with Crippen LogP contribution in [0.25, 0.3) is 0 Å². The Hall–Kier alpha value is -2.25. The molecular weight excluding hydrogens is 366 g/mol. The molecule has 2 aliphatic rings. The first-order valence-corrected chi connectivity index (χ1v) is 10.6. The monoisotopic (exact) mass is 397 g/mol. The van der Waals surface area contributed by atoms with Crippen molar-refractivity contribution in [3.05, 3.63) is 47.8 Å². The lowest BCUT2D eigenvalue weighted by Crippen LogP contribution is -2.46. The maximum Gasteiger partial charge on any atom is 0.224 e. The average Bonchev–Trinajstić information content (AvgIpc) is 2.98. The Bertz CT molecular complexity index is 819. The molecule has 156 valence electrons. The second-order valence-corrected chi connectivity index (χ2v) is 8.26. The Balaban J connectivity index is 1.41. The zero-order chi connectivity index (χ0) is 20.2. The summed E-state index contributed by atoms with van der Waals surface area (Å²) in [4.78, 5) is 26.5. The summed E-state index contributed by atoms with van der Waals surface area (Å²) in [6, 6.07) is 4.32. The topological polar surface area (TPSA) is 63.5 Å². The Morgan fingerprint density at radius 2 is 2.10 bits per heavy atom. The van der Waals surface area contributed by atoms with Gasteiger partial charge in [0.1, 0.15) is 5.82 Å². The standard InChI is InChI=1S/C22H31N5O2/c1-3-21-23-7-9-26(21)8-6-22(28)27-12-18-11-25(14-20(27)16-29-15-18)13-19-5-4-17(2)10-24-19/h4-5,7,9-10,18,20H,3,6,8,11-16H2,1-2H3/t18-,20-/m0/s1. The van der Waals surface area contributed by atoms with E-state index in [2.05, 4.69) is 50.3 Å². The second-order valence-electron chi connectivity index (χ2n) is 8.26. The Kier molecular flexibility index (Phi) is 6.25. The summed E-state index contributed by atoms with van der Waals surface area (Å²) >= 11 is 0. The molecule has 2 bridgehead atoms. The number of imidazole rings is 1. The van der Waals surface area contributed by atoms with E-state index in [1.807, 2.05) is 18.6 Å². The van der Waals surface area contributed by atoms with E-state index < -0.39 is 0 Å². The van der Waals surface area contributed by atoms with Gasteiger partial charge in [-0.1, -0.05) is 13.0 Å². The fourth-order valence-electron chi connectivity index (χ4n) is 4.41. The van der Waals surface area contributed by atoms with Crippen LogP contribution in [0.5, 0.6) is 0 Å². The van der Waals surface area contributed by atoms with Crippen molar-refractivity contribution >= 4 is 5.91 Å². The normalized spacial score (nSPS) is 22.5. The van der Waals surface area contributed by atoms with E-state index in [4.69, 9.17) is 4.74 Å². The first kappa shape index (κ1) is 20.0. The highest BCUT2D eigenvalue weighted by molar-refractivity contribution is 5.76. The molecule has 0 radical (unpaired) electrons. The smallest absolute Gasteiger partial charge is 0.224 e. The first-order valence-electron chi connectivity index (χ1n) is 10.6. The van der Waals surface area contributed by atoms with Gasteiger partial charge < -0.3 is 14.2 Å². The van der Waals surface area contributed by atoms with Crippen molar-refractivity contribution in [2.45, 2.75) is 45.8 Å². The predicted molar refractivity (Wildman–Crippen MR) is 110 cm³/mol. The van der Waals surface area contributed by atoms with Crippen LogP contribution in [0, 0.1) is 12.8 Å². The van der Waals surface area contributed by atoms with Gasteiger partial charge in [-0.05, 0) is 18.6 Å². The fraction of sp³-hybridized carbons (Fsp3) is 0.591. The van der Waals surface area contributed by atoms with Crippen LogP contribution >= 0.6 is 0 Å². The molecule has 7 heteroatoms. The molecule has 0 spiro atoms. The minimum Gasteiger partial charge on any atom is -0.379 e. The third-order valence-corrected chi connectivity index (χ3v) is 5.91. The summed E-state index contributed by atoms with van der Waals surface area (Å²) in [5, 5.41) is 0. The summed E-state index contributed by atoms with van der Waals surface area (Å²) in [7, 11) is 0. The minimum atomic E-state index is 0.105. The zero-order valence-corrected chi connectivity index (χ0v) is 17.5. The third kappa shape index (κ3) is 4.85. The number of rotatable bonds is 6. The number of amides is 1. The van der Waals surface area contributed by atoms with E-state index >= 15 is 0 Å². The molecule has 7 nitrogen and oxygen atoms in total. The molecule has 2 atom stereocenters. The molecule has 0 unspecified atom stereocenters. The largest absolute Gasteiger partial charge is 0.379 e. The summed E-state index contributed by atoms with van der Waals surface area (Å²) in [5.74, 6) is 1.60. The van der Waals surface area contributed by atoms with E-state index in [1.54, 1.807) is 0 Å². The van der Waals surface area contributed by atoms with Crippen molar-refractivity contribution in [3.8, 4) is 0 Å². The van der Waals surface area contributed by atoms with Gasteiger partial charge in [0.25, 0.3) is 0 Å². The molecule has 2 aliphatic heterocycles. The molecule has 29 heavy (non-hydrogen) atoms. The van der Waals surface area contributed by atoms with Gasteiger partial charge in [-0.15, -0.1) is 0 Å². The maximum atomic E-state index is 13.1. The first-order chi connectivity index (χ1) is 14.1. The van der Waals surface area contributed by atoms with Gasteiger partial charge in [0.15, 0.2) is 0 Å². The Labute approximate surface area is 172 Å². The predicted octanol–water partition coefficient (Wildman–Crippen LogP) is 1.90. The molecule has 2 aromatic rings. The van der Waals surface area contributed by atoms with Gasteiger partial charge in [-0.2, -0.15) is 0 Å². The molecule has 0 aliphatic carbocycles. The van der Waals surface area contributed by atoms with E-state index in [0.29, 0.717) is 25.5 Å². The van der Waals surface area contributed by atoms with Crippen LogP contribution in [0.3, 0.4) is 0 Å². The van der Waals surface area contributed by atoms with Crippen molar-refractivity contribution in [3.63, 3.8) is 0 Å². The molecule has 4 heterocycles. The highest BCUT2D eigenvalue weighted by atomic mass is 16.5. The van der Waals surface area contributed by atoms with Crippen LogP contribution < -0.4 is 0 Å². The van der Waals surface area contributed by atoms with E-state index in [9.17, 15) is 4.79 Å². The van der Waals surface area contributed by atoms with Gasteiger partial charge in [0.2, 0.25) is 5.91 Å². The Morgan fingerprint density at radius 1 is 1.21 bits per heavy atom. The number of ether oxygens (including phenoxy) is 1. The van der Waals surface area contributed by atoms with Crippen molar-refractivity contribution in [2.75, 3.05) is 32.8 Å². The van der Waals surface area contributed by atoms with Gasteiger partial charge in [0.05, 0.1) is 24.9 Å². The van der Waals surface area contributed by atoms with Gasteiger partial charge in [0, 0.05) is 70.1 Å². The van der Waals surface area contributed by atoms with Crippen molar-refractivity contribution in [1.29, 1.82) is 0 Å². The number of hydrogen-bond acceptors (Lipinski definition) is 5. The number of nitrogens with zero attached hydrogens (tertiary/aromatic N) is 5. The number of carbonyl (C=O) groups is 1. The van der Waals surface area contributed by atoms with Crippen molar-refractivity contribution in [1.82, 2.24) is 24.3 Å². The van der Waals surface area contributed by atoms with Crippen LogP contribution in [0.2, 0.25) is 0 Å². The molecule has 0 N–H and O–H groups in total. The zero-order valence-electron chi connectivity index (χ0n) is 17.5. The number of aromatic nitrogens is 3. The van der Waals surface area contributed by atoms with Crippen LogP contribution in [0.1, 0.15) is 30.4 Å². The number of carbonyl (C=O) groups excluding carboxylic acids is 1. The molecule has 0 aromatic carbocycles. The van der Waals surface area contributed by atoms with Crippen LogP contribution in [-0.4, -0.2) is 69.1 Å². The SMILES string of the molecule is CCc1nccn1CCC(=O)N1C[C@H]2COC[C@@H]1CN(Cc1ccc(C)cn1)C2. The summed E-state index contributed by atoms with van der Waals surface area (Å²) in [5.41, 5.74) is 2.26. The van der Waals surface area contributed by atoms with E-state index in [0.717, 1.165) is 50.7 Å². The molecular formula is C22H31N5O2. The Morgan fingerprint density at radius 3 is 2.90 bits per heavy atom.